The van der Waals surface area contributed by atoms with Crippen LogP contribution in [-0.4, -0.2) is 30.8 Å². The number of halogens is 5. The van der Waals surface area contributed by atoms with Crippen molar-refractivity contribution in [3.63, 3.8) is 0 Å². The molecule has 0 spiro atoms. The van der Waals surface area contributed by atoms with Gasteiger partial charge < -0.3 is 9.47 Å². The number of rotatable bonds is 6. The van der Waals surface area contributed by atoms with Gasteiger partial charge in [0, 0.05) is 23.8 Å². The maximum Gasteiger partial charge on any atom is 0.417 e. The Morgan fingerprint density at radius 2 is 1.81 bits per heavy atom. The average Bonchev–Trinajstić information content (AvgIpc) is 2.77. The van der Waals surface area contributed by atoms with Gasteiger partial charge in [0.05, 0.1) is 17.4 Å². The van der Waals surface area contributed by atoms with E-state index in [0.29, 0.717) is 26.0 Å². The van der Waals surface area contributed by atoms with Crippen molar-refractivity contribution in [1.29, 1.82) is 0 Å². The first kappa shape index (κ1) is 27.2. The molecule has 0 unspecified atom stereocenters. The van der Waals surface area contributed by atoms with E-state index in [9.17, 15) is 32.3 Å². The average molecular weight is 594 g/mol. The highest BCUT2D eigenvalue weighted by molar-refractivity contribution is 9.10. The minimum absolute atomic E-state index is 0.0479. The number of carbonyl (C=O) groups is 1. The van der Waals surface area contributed by atoms with Crippen LogP contribution in [0.4, 0.5) is 13.2 Å². The van der Waals surface area contributed by atoms with Crippen LogP contribution in [0.25, 0.3) is 5.69 Å². The summed E-state index contributed by atoms with van der Waals surface area (Å²) in [6.45, 7) is 2.42. The Kier molecular flexibility index (Phi) is 7.79. The SMILES string of the molecule is CC(C)OC(=O)Cn1c(=O)n(C)c(=O)n(-c2cc(Oc3ncc(C(F)(F)F)cc3Cl)ccc2Br)c1=O. The van der Waals surface area contributed by atoms with Gasteiger partial charge in [0.1, 0.15) is 17.3 Å². The van der Waals surface area contributed by atoms with Gasteiger partial charge in [0.25, 0.3) is 0 Å². The summed E-state index contributed by atoms with van der Waals surface area (Å²) in [5.74, 6) is -1.28. The molecule has 0 fully saturated rings. The molecule has 15 heteroatoms. The van der Waals surface area contributed by atoms with Crippen LogP contribution in [0, 0.1) is 0 Å². The maximum absolute atomic E-state index is 13.1. The number of aromatic nitrogens is 4. The first-order chi connectivity index (χ1) is 16.7. The van der Waals surface area contributed by atoms with Gasteiger partial charge in [-0.05, 0) is 48.0 Å². The monoisotopic (exact) mass is 592 g/mol. The molecule has 0 aliphatic rings. The Morgan fingerprint density at radius 1 is 1.14 bits per heavy atom. The van der Waals surface area contributed by atoms with Gasteiger partial charge in [-0.2, -0.15) is 13.2 Å². The summed E-state index contributed by atoms with van der Waals surface area (Å²) in [6, 6.07) is 4.59. The number of benzene rings is 1. The summed E-state index contributed by atoms with van der Waals surface area (Å²) in [7, 11) is 1.12. The van der Waals surface area contributed by atoms with E-state index in [1.54, 1.807) is 13.8 Å². The minimum Gasteiger partial charge on any atom is -0.462 e. The van der Waals surface area contributed by atoms with E-state index in [0.717, 1.165) is 7.05 Å². The van der Waals surface area contributed by atoms with E-state index < -0.39 is 52.4 Å². The molecular weight excluding hydrogens is 577 g/mol. The van der Waals surface area contributed by atoms with Crippen molar-refractivity contribution in [3.05, 3.63) is 77.0 Å². The van der Waals surface area contributed by atoms with E-state index in [1.807, 2.05) is 0 Å². The zero-order valence-electron chi connectivity index (χ0n) is 18.8. The summed E-state index contributed by atoms with van der Waals surface area (Å²) >= 11 is 9.09. The zero-order valence-corrected chi connectivity index (χ0v) is 21.1. The zero-order chi connectivity index (χ0) is 26.9. The van der Waals surface area contributed by atoms with Crippen molar-refractivity contribution in [3.8, 4) is 17.3 Å². The molecule has 0 aliphatic heterocycles. The highest BCUT2D eigenvalue weighted by atomic mass is 79.9. The molecule has 0 amide bonds. The van der Waals surface area contributed by atoms with Gasteiger partial charge in [0.2, 0.25) is 5.88 Å². The molecule has 192 valence electrons. The van der Waals surface area contributed by atoms with Crippen molar-refractivity contribution >= 4 is 33.5 Å². The molecule has 0 radical (unpaired) electrons. The second-order valence-electron chi connectivity index (χ2n) is 7.59. The molecule has 0 atom stereocenters. The summed E-state index contributed by atoms with van der Waals surface area (Å²) < 4.78 is 51.0. The third kappa shape index (κ3) is 5.70. The van der Waals surface area contributed by atoms with E-state index >= 15 is 0 Å². The fraction of sp³-hybridized carbons (Fsp3) is 0.286. The molecule has 0 saturated heterocycles. The molecule has 10 nitrogen and oxygen atoms in total. The molecule has 2 heterocycles. The predicted molar refractivity (Wildman–Crippen MR) is 125 cm³/mol. The fourth-order valence-electron chi connectivity index (χ4n) is 2.96. The van der Waals surface area contributed by atoms with Gasteiger partial charge in [0.15, 0.2) is 0 Å². The molecule has 3 aromatic rings. The van der Waals surface area contributed by atoms with E-state index in [-0.39, 0.29) is 21.8 Å². The number of hydrogen-bond acceptors (Lipinski definition) is 7. The third-order valence-corrected chi connectivity index (χ3v) is 5.52. The molecule has 0 saturated carbocycles. The lowest BCUT2D eigenvalue weighted by atomic mass is 10.3. The molecule has 1 aromatic carbocycles. The smallest absolute Gasteiger partial charge is 0.417 e. The van der Waals surface area contributed by atoms with E-state index in [2.05, 4.69) is 20.9 Å². The van der Waals surface area contributed by atoms with Crippen molar-refractivity contribution in [2.24, 2.45) is 7.05 Å². The number of esters is 1. The van der Waals surface area contributed by atoms with Crippen LogP contribution in [-0.2, 0) is 29.3 Å². The lowest BCUT2D eigenvalue weighted by molar-refractivity contribution is -0.148. The van der Waals surface area contributed by atoms with Gasteiger partial charge in [-0.1, -0.05) is 11.6 Å². The Morgan fingerprint density at radius 3 is 2.39 bits per heavy atom. The van der Waals surface area contributed by atoms with E-state index in [1.165, 1.54) is 18.2 Å². The van der Waals surface area contributed by atoms with Crippen LogP contribution in [0.1, 0.15) is 19.4 Å². The molecule has 3 rings (SSSR count). The van der Waals surface area contributed by atoms with E-state index in [4.69, 9.17) is 21.1 Å². The summed E-state index contributed by atoms with van der Waals surface area (Å²) in [5.41, 5.74) is -4.36. The van der Waals surface area contributed by atoms with Crippen LogP contribution in [0.2, 0.25) is 5.02 Å². The Hall–Kier alpha value is -3.39. The number of ether oxygens (including phenoxy) is 2. The second kappa shape index (κ2) is 10.3. The van der Waals surface area contributed by atoms with Crippen LogP contribution >= 0.6 is 27.5 Å². The highest BCUT2D eigenvalue weighted by Crippen LogP contribution is 2.35. The Labute approximate surface area is 213 Å². The number of pyridine rings is 1. The standard InChI is InChI=1S/C21H17BrClF3N4O6/c1-10(2)35-16(31)9-29-18(32)28(3)19(33)30(20(29)34)15-7-12(4-5-13(15)22)36-17-14(23)6-11(8-27-17)21(24,25)26/h4-8,10H,9H2,1-3H3. The van der Waals surface area contributed by atoms with Crippen molar-refractivity contribution < 1.29 is 27.4 Å². The van der Waals surface area contributed by atoms with Crippen molar-refractivity contribution in [1.82, 2.24) is 18.7 Å². The second-order valence-corrected chi connectivity index (χ2v) is 8.85. The molecule has 0 N–H and O–H groups in total. The molecular formula is C21H17BrClF3N4O6. The van der Waals surface area contributed by atoms with Crippen molar-refractivity contribution in [2.45, 2.75) is 32.7 Å². The van der Waals surface area contributed by atoms with Crippen LogP contribution in [0.15, 0.2) is 49.3 Å². The van der Waals surface area contributed by atoms with Crippen molar-refractivity contribution in [2.75, 3.05) is 0 Å². The Balaban J connectivity index is 2.09. The number of nitrogens with zero attached hydrogens (tertiary/aromatic N) is 4. The number of alkyl halides is 3. The van der Waals surface area contributed by atoms with Gasteiger partial charge in [-0.15, -0.1) is 0 Å². The lowest BCUT2D eigenvalue weighted by Crippen LogP contribution is -2.54. The maximum atomic E-state index is 13.1. The summed E-state index contributed by atoms with van der Waals surface area (Å²) in [4.78, 5) is 54.1. The third-order valence-electron chi connectivity index (χ3n) is 4.58. The summed E-state index contributed by atoms with van der Waals surface area (Å²) in [5, 5.41) is -0.431. The van der Waals surface area contributed by atoms with Gasteiger partial charge >= 0.3 is 29.2 Å². The molecule has 36 heavy (non-hydrogen) atoms. The molecule has 0 aliphatic carbocycles. The van der Waals surface area contributed by atoms with Crippen LogP contribution in [0.5, 0.6) is 11.6 Å². The molecule has 0 bridgehead atoms. The van der Waals surface area contributed by atoms with Gasteiger partial charge in [-0.25, -0.2) is 33.1 Å². The number of hydrogen-bond donors (Lipinski definition) is 0. The van der Waals surface area contributed by atoms with Gasteiger partial charge in [-0.3, -0.25) is 4.79 Å². The highest BCUT2D eigenvalue weighted by Gasteiger charge is 2.32. The van der Waals surface area contributed by atoms with Crippen LogP contribution < -0.4 is 21.8 Å². The number of carbonyl (C=O) groups excluding carboxylic acids is 1. The minimum atomic E-state index is -4.66. The Bertz CT molecular complexity index is 1510. The summed E-state index contributed by atoms with van der Waals surface area (Å²) in [6.07, 6.45) is -4.63. The predicted octanol–water partition coefficient (Wildman–Crippen LogP) is 3.27. The lowest BCUT2D eigenvalue weighted by Gasteiger charge is -2.15. The quantitative estimate of drug-likeness (QED) is 0.403. The molecule has 2 aromatic heterocycles. The largest absolute Gasteiger partial charge is 0.462 e. The first-order valence-corrected chi connectivity index (χ1v) is 11.2. The topological polar surface area (TPSA) is 114 Å². The first-order valence-electron chi connectivity index (χ1n) is 10.0. The fourth-order valence-corrected chi connectivity index (χ4v) is 3.59. The van der Waals surface area contributed by atoms with Crippen LogP contribution in [0.3, 0.4) is 0 Å². The normalized spacial score (nSPS) is 11.6.